The molecule has 42 heavy (non-hydrogen) atoms. The van der Waals surface area contributed by atoms with E-state index >= 15 is 0 Å². The minimum atomic E-state index is 0.658. The Labute approximate surface area is 241 Å². The molecule has 4 nitrogen and oxygen atoms in total. The summed E-state index contributed by atoms with van der Waals surface area (Å²) < 4.78 is 2.27. The Morgan fingerprint density at radius 2 is 1.02 bits per heavy atom. The van der Waals surface area contributed by atoms with E-state index in [-0.39, 0.29) is 0 Å². The SMILES string of the molecule is c1ccc(-c2cc(-c3ccccc3)nc(-n3c4ccccc4c4c5c6ccccc6[nH]c5c5ccccc5c43)n2)cc1. The highest BCUT2D eigenvalue weighted by atomic mass is 15.2. The molecule has 0 bridgehead atoms. The first-order valence-electron chi connectivity index (χ1n) is 14.2. The molecule has 0 amide bonds. The van der Waals surface area contributed by atoms with Crippen LogP contribution in [-0.2, 0) is 0 Å². The average Bonchev–Trinajstić information content (AvgIpc) is 3.62. The molecule has 0 spiro atoms. The van der Waals surface area contributed by atoms with Crippen LogP contribution in [0.2, 0.25) is 0 Å². The number of para-hydroxylation sites is 2. The van der Waals surface area contributed by atoms with Crippen LogP contribution in [0.3, 0.4) is 0 Å². The van der Waals surface area contributed by atoms with E-state index in [1.165, 1.54) is 26.9 Å². The summed E-state index contributed by atoms with van der Waals surface area (Å²) in [4.78, 5) is 14.3. The van der Waals surface area contributed by atoms with Crippen molar-refractivity contribution < 1.29 is 0 Å². The molecule has 3 aromatic heterocycles. The lowest BCUT2D eigenvalue weighted by Gasteiger charge is -2.13. The lowest BCUT2D eigenvalue weighted by molar-refractivity contribution is 0.998. The fourth-order valence-electron chi connectivity index (χ4n) is 6.52. The number of nitrogens with one attached hydrogen (secondary N) is 1. The molecule has 4 heteroatoms. The summed E-state index contributed by atoms with van der Waals surface area (Å²) in [6.07, 6.45) is 0. The maximum Gasteiger partial charge on any atom is 0.235 e. The Morgan fingerprint density at radius 1 is 0.476 bits per heavy atom. The highest BCUT2D eigenvalue weighted by Crippen LogP contribution is 2.44. The van der Waals surface area contributed by atoms with Crippen molar-refractivity contribution in [1.29, 1.82) is 0 Å². The molecule has 9 aromatic rings. The molecule has 196 valence electrons. The quantitative estimate of drug-likeness (QED) is 0.244. The maximum absolute atomic E-state index is 5.25. The standard InChI is InChI=1S/C38H24N4/c1-3-13-24(14-4-1)31-23-32(25-15-5-2-6-16-25)41-38(40-31)42-33-22-12-10-20-29(33)35-34-28-19-9-11-21-30(28)39-36(34)26-17-7-8-18-27(26)37(35)42/h1-23,39H. The number of benzene rings is 6. The predicted octanol–water partition coefficient (Wildman–Crippen LogP) is 9.70. The van der Waals surface area contributed by atoms with Crippen LogP contribution in [0.4, 0.5) is 0 Å². The molecular weight excluding hydrogens is 512 g/mol. The van der Waals surface area contributed by atoms with Gasteiger partial charge in [0.1, 0.15) is 0 Å². The lowest BCUT2D eigenvalue weighted by Crippen LogP contribution is -2.04. The number of aromatic nitrogens is 4. The van der Waals surface area contributed by atoms with E-state index < -0.39 is 0 Å². The summed E-state index contributed by atoms with van der Waals surface area (Å²) in [6, 6.07) is 48.7. The van der Waals surface area contributed by atoms with Gasteiger partial charge in [-0.05, 0) is 18.2 Å². The normalized spacial score (nSPS) is 11.8. The monoisotopic (exact) mass is 536 g/mol. The summed E-state index contributed by atoms with van der Waals surface area (Å²) in [5, 5.41) is 7.20. The van der Waals surface area contributed by atoms with Gasteiger partial charge in [-0.3, -0.25) is 4.57 Å². The van der Waals surface area contributed by atoms with Crippen LogP contribution in [0.25, 0.3) is 82.8 Å². The Bertz CT molecular complexity index is 2390. The molecule has 1 N–H and O–H groups in total. The fourth-order valence-corrected chi connectivity index (χ4v) is 6.52. The molecule has 6 aromatic carbocycles. The Balaban J connectivity index is 1.50. The van der Waals surface area contributed by atoms with Gasteiger partial charge >= 0.3 is 0 Å². The van der Waals surface area contributed by atoms with E-state index in [2.05, 4.69) is 137 Å². The van der Waals surface area contributed by atoms with Crippen molar-refractivity contribution in [2.24, 2.45) is 0 Å². The van der Waals surface area contributed by atoms with Crippen LogP contribution in [-0.4, -0.2) is 19.5 Å². The third-order valence-corrected chi connectivity index (χ3v) is 8.34. The molecule has 0 saturated heterocycles. The van der Waals surface area contributed by atoms with Crippen molar-refractivity contribution in [2.75, 3.05) is 0 Å². The van der Waals surface area contributed by atoms with Crippen LogP contribution < -0.4 is 0 Å². The van der Waals surface area contributed by atoms with Crippen LogP contribution in [0.5, 0.6) is 0 Å². The fraction of sp³-hybridized carbons (Fsp3) is 0. The van der Waals surface area contributed by atoms with Crippen molar-refractivity contribution in [3.63, 3.8) is 0 Å². The van der Waals surface area contributed by atoms with E-state index in [0.717, 1.165) is 50.0 Å². The molecule has 0 unspecified atom stereocenters. The van der Waals surface area contributed by atoms with Gasteiger partial charge in [0.05, 0.1) is 27.9 Å². The summed E-state index contributed by atoms with van der Waals surface area (Å²) in [7, 11) is 0. The number of H-pyrrole nitrogens is 1. The highest BCUT2D eigenvalue weighted by molar-refractivity contribution is 6.36. The van der Waals surface area contributed by atoms with E-state index in [1.807, 2.05) is 12.1 Å². The first-order valence-corrected chi connectivity index (χ1v) is 14.2. The Morgan fingerprint density at radius 3 is 1.71 bits per heavy atom. The minimum absolute atomic E-state index is 0.658. The number of rotatable bonds is 3. The average molecular weight is 537 g/mol. The molecule has 9 rings (SSSR count). The summed E-state index contributed by atoms with van der Waals surface area (Å²) in [5.41, 5.74) is 8.39. The van der Waals surface area contributed by atoms with Gasteiger partial charge in [0.2, 0.25) is 5.95 Å². The van der Waals surface area contributed by atoms with Crippen molar-refractivity contribution in [3.05, 3.63) is 140 Å². The van der Waals surface area contributed by atoms with Gasteiger partial charge in [0, 0.05) is 49.0 Å². The van der Waals surface area contributed by atoms with E-state index in [4.69, 9.17) is 9.97 Å². The zero-order valence-corrected chi connectivity index (χ0v) is 22.6. The molecule has 0 atom stereocenters. The van der Waals surface area contributed by atoms with E-state index in [1.54, 1.807) is 0 Å². The van der Waals surface area contributed by atoms with Crippen LogP contribution in [0.1, 0.15) is 0 Å². The van der Waals surface area contributed by atoms with Crippen molar-refractivity contribution in [2.45, 2.75) is 0 Å². The topological polar surface area (TPSA) is 46.5 Å². The number of hydrogen-bond donors (Lipinski definition) is 1. The predicted molar refractivity (Wildman–Crippen MR) is 174 cm³/mol. The maximum atomic E-state index is 5.25. The molecule has 0 radical (unpaired) electrons. The molecule has 0 saturated carbocycles. The van der Waals surface area contributed by atoms with E-state index in [9.17, 15) is 0 Å². The zero-order valence-electron chi connectivity index (χ0n) is 22.6. The Kier molecular flexibility index (Phi) is 4.87. The van der Waals surface area contributed by atoms with Crippen molar-refractivity contribution in [1.82, 2.24) is 19.5 Å². The molecule has 0 aliphatic rings. The van der Waals surface area contributed by atoms with Gasteiger partial charge < -0.3 is 4.98 Å². The smallest absolute Gasteiger partial charge is 0.235 e. The molecule has 0 aliphatic heterocycles. The van der Waals surface area contributed by atoms with Crippen LogP contribution >= 0.6 is 0 Å². The van der Waals surface area contributed by atoms with Gasteiger partial charge in [-0.1, -0.05) is 121 Å². The first kappa shape index (κ1) is 23.0. The molecular formula is C38H24N4. The molecule has 0 aliphatic carbocycles. The summed E-state index contributed by atoms with van der Waals surface area (Å²) in [6.45, 7) is 0. The second kappa shape index (κ2) is 8.88. The third-order valence-electron chi connectivity index (χ3n) is 8.34. The largest absolute Gasteiger partial charge is 0.354 e. The highest BCUT2D eigenvalue weighted by Gasteiger charge is 2.23. The third kappa shape index (κ3) is 3.29. The van der Waals surface area contributed by atoms with Crippen molar-refractivity contribution in [3.8, 4) is 28.5 Å². The first-order chi connectivity index (χ1) is 20.8. The van der Waals surface area contributed by atoms with Crippen LogP contribution in [0.15, 0.2) is 140 Å². The summed E-state index contributed by atoms with van der Waals surface area (Å²) in [5.74, 6) is 0.658. The second-order valence-electron chi connectivity index (χ2n) is 10.7. The Hall–Kier alpha value is -5.74. The number of fused-ring (bicyclic) bond motifs is 10. The number of hydrogen-bond acceptors (Lipinski definition) is 2. The molecule has 0 fully saturated rings. The summed E-state index contributed by atoms with van der Waals surface area (Å²) >= 11 is 0. The van der Waals surface area contributed by atoms with Crippen LogP contribution in [0, 0.1) is 0 Å². The van der Waals surface area contributed by atoms with Gasteiger partial charge in [0.25, 0.3) is 0 Å². The molecule has 3 heterocycles. The number of nitrogens with zero attached hydrogens (tertiary/aromatic N) is 3. The lowest BCUT2D eigenvalue weighted by atomic mass is 9.99. The minimum Gasteiger partial charge on any atom is -0.354 e. The van der Waals surface area contributed by atoms with Gasteiger partial charge in [0.15, 0.2) is 0 Å². The van der Waals surface area contributed by atoms with E-state index in [0.29, 0.717) is 5.95 Å². The number of aromatic amines is 1. The van der Waals surface area contributed by atoms with Gasteiger partial charge in [-0.25, -0.2) is 9.97 Å². The second-order valence-corrected chi connectivity index (χ2v) is 10.7. The van der Waals surface area contributed by atoms with Gasteiger partial charge in [-0.2, -0.15) is 0 Å². The zero-order chi connectivity index (χ0) is 27.6. The van der Waals surface area contributed by atoms with Gasteiger partial charge in [-0.15, -0.1) is 0 Å². The van der Waals surface area contributed by atoms with Crippen molar-refractivity contribution >= 4 is 54.4 Å².